The van der Waals surface area contributed by atoms with Crippen LogP contribution < -0.4 is 0 Å². The van der Waals surface area contributed by atoms with Crippen molar-refractivity contribution in [2.75, 3.05) is 0 Å². The second kappa shape index (κ2) is 4.05. The Morgan fingerprint density at radius 3 is 2.47 bits per heavy atom. The second-order valence-corrected chi connectivity index (χ2v) is 3.19. The number of aliphatic hydroxyl groups is 1. The van der Waals surface area contributed by atoms with Gasteiger partial charge in [-0.05, 0) is 22.9 Å². The molecule has 0 aromatic heterocycles. The summed E-state index contributed by atoms with van der Waals surface area (Å²) in [6.45, 7) is -0.134. The van der Waals surface area contributed by atoms with Crippen molar-refractivity contribution < 1.29 is 9.90 Å². The van der Waals surface area contributed by atoms with Gasteiger partial charge in [0.15, 0.2) is 0 Å². The van der Waals surface area contributed by atoms with Crippen molar-refractivity contribution in [1.82, 2.24) is 0 Å². The monoisotopic (exact) mass is 199 g/mol. The third-order valence-corrected chi connectivity index (χ3v) is 2.28. The van der Waals surface area contributed by atoms with Crippen molar-refractivity contribution in [3.63, 3.8) is 0 Å². The van der Waals surface area contributed by atoms with Gasteiger partial charge in [0, 0.05) is 5.56 Å². The first-order valence-corrected chi connectivity index (χ1v) is 4.55. The number of aliphatic imine (C=N–C) groups is 1. The molecule has 2 rings (SSSR count). The molecular formula is C12H9NO2. The van der Waals surface area contributed by atoms with Crippen molar-refractivity contribution in [3.05, 3.63) is 42.0 Å². The van der Waals surface area contributed by atoms with Gasteiger partial charge < -0.3 is 5.11 Å². The summed E-state index contributed by atoms with van der Waals surface area (Å²) >= 11 is 0. The zero-order valence-electron chi connectivity index (χ0n) is 7.97. The first kappa shape index (κ1) is 9.59. The van der Waals surface area contributed by atoms with Crippen LogP contribution in [0.15, 0.2) is 41.4 Å². The highest BCUT2D eigenvalue weighted by atomic mass is 16.3. The summed E-state index contributed by atoms with van der Waals surface area (Å²) in [7, 11) is 0. The molecule has 0 heterocycles. The molecule has 2 aromatic carbocycles. The Labute approximate surface area is 86.7 Å². The molecule has 0 aliphatic carbocycles. The molecule has 0 amide bonds. The SMILES string of the molecule is O=C=Nc1cc2ccccc2cc1CO. The van der Waals surface area contributed by atoms with Gasteiger partial charge >= 0.3 is 0 Å². The molecule has 0 unspecified atom stereocenters. The fraction of sp³-hybridized carbons (Fsp3) is 0.0833. The summed E-state index contributed by atoms with van der Waals surface area (Å²) in [5.41, 5.74) is 1.11. The Bertz CT molecular complexity index is 542. The lowest BCUT2D eigenvalue weighted by Crippen LogP contribution is -1.84. The summed E-state index contributed by atoms with van der Waals surface area (Å²) in [4.78, 5) is 13.8. The van der Waals surface area contributed by atoms with Crippen LogP contribution in [-0.2, 0) is 11.4 Å². The number of hydrogen-bond acceptors (Lipinski definition) is 3. The van der Waals surface area contributed by atoms with Crippen molar-refractivity contribution in [3.8, 4) is 0 Å². The summed E-state index contributed by atoms with van der Waals surface area (Å²) in [6.07, 6.45) is 1.49. The molecule has 0 spiro atoms. The van der Waals surface area contributed by atoms with Crippen LogP contribution in [0.3, 0.4) is 0 Å². The number of isocyanates is 1. The number of fused-ring (bicyclic) bond motifs is 1. The van der Waals surface area contributed by atoms with E-state index in [0.717, 1.165) is 10.8 Å². The van der Waals surface area contributed by atoms with Crippen LogP contribution in [0.4, 0.5) is 5.69 Å². The van der Waals surface area contributed by atoms with Gasteiger partial charge in [-0.1, -0.05) is 24.3 Å². The summed E-state index contributed by atoms with van der Waals surface area (Å²) in [5, 5.41) is 11.1. The van der Waals surface area contributed by atoms with Crippen molar-refractivity contribution in [2.45, 2.75) is 6.61 Å². The highest BCUT2D eigenvalue weighted by Crippen LogP contribution is 2.25. The minimum absolute atomic E-state index is 0.134. The largest absolute Gasteiger partial charge is 0.392 e. The number of aliphatic hydroxyl groups excluding tert-OH is 1. The van der Waals surface area contributed by atoms with E-state index >= 15 is 0 Å². The lowest BCUT2D eigenvalue weighted by atomic mass is 10.1. The Morgan fingerprint density at radius 2 is 1.87 bits per heavy atom. The van der Waals surface area contributed by atoms with Crippen LogP contribution in [0.25, 0.3) is 10.8 Å². The van der Waals surface area contributed by atoms with Gasteiger partial charge in [-0.25, -0.2) is 4.79 Å². The minimum atomic E-state index is -0.134. The average molecular weight is 199 g/mol. The zero-order valence-corrected chi connectivity index (χ0v) is 7.97. The molecule has 3 nitrogen and oxygen atoms in total. The summed E-state index contributed by atoms with van der Waals surface area (Å²) < 4.78 is 0. The molecule has 3 heteroatoms. The van der Waals surface area contributed by atoms with E-state index < -0.39 is 0 Å². The Morgan fingerprint density at radius 1 is 1.20 bits per heavy atom. The van der Waals surface area contributed by atoms with Gasteiger partial charge in [0.25, 0.3) is 0 Å². The van der Waals surface area contributed by atoms with Gasteiger partial charge in [0.05, 0.1) is 12.3 Å². The molecule has 15 heavy (non-hydrogen) atoms. The lowest BCUT2D eigenvalue weighted by Gasteiger charge is -2.03. The maximum absolute atomic E-state index is 10.2. The van der Waals surface area contributed by atoms with E-state index in [-0.39, 0.29) is 6.61 Å². The van der Waals surface area contributed by atoms with Gasteiger partial charge in [-0.2, -0.15) is 4.99 Å². The van der Waals surface area contributed by atoms with E-state index in [2.05, 4.69) is 4.99 Å². The number of hydrogen-bond donors (Lipinski definition) is 1. The van der Waals surface area contributed by atoms with Gasteiger partial charge in [0.1, 0.15) is 0 Å². The van der Waals surface area contributed by atoms with E-state index in [0.29, 0.717) is 11.3 Å². The molecule has 0 radical (unpaired) electrons. The molecule has 0 fully saturated rings. The van der Waals surface area contributed by atoms with Gasteiger partial charge in [-0.15, -0.1) is 0 Å². The number of carbonyl (C=O) groups excluding carboxylic acids is 1. The molecule has 0 atom stereocenters. The number of rotatable bonds is 2. The van der Waals surface area contributed by atoms with Crippen LogP contribution in [0.2, 0.25) is 0 Å². The Kier molecular flexibility index (Phi) is 2.59. The van der Waals surface area contributed by atoms with Crippen LogP contribution in [0.5, 0.6) is 0 Å². The van der Waals surface area contributed by atoms with Crippen LogP contribution in [0, 0.1) is 0 Å². The van der Waals surface area contributed by atoms with Gasteiger partial charge in [0.2, 0.25) is 6.08 Å². The predicted molar refractivity (Wildman–Crippen MR) is 57.7 cm³/mol. The fourth-order valence-electron chi connectivity index (χ4n) is 1.56. The number of nitrogens with zero attached hydrogens (tertiary/aromatic N) is 1. The molecule has 0 aliphatic rings. The quantitative estimate of drug-likeness (QED) is 0.596. The minimum Gasteiger partial charge on any atom is -0.392 e. The molecule has 0 saturated heterocycles. The average Bonchev–Trinajstić information content (AvgIpc) is 2.28. The van der Waals surface area contributed by atoms with Crippen LogP contribution in [-0.4, -0.2) is 11.2 Å². The Balaban J connectivity index is 2.74. The Hall–Kier alpha value is -1.96. The smallest absolute Gasteiger partial charge is 0.240 e. The van der Waals surface area contributed by atoms with Crippen molar-refractivity contribution >= 4 is 22.5 Å². The van der Waals surface area contributed by atoms with E-state index in [1.165, 1.54) is 6.08 Å². The zero-order chi connectivity index (χ0) is 10.7. The van der Waals surface area contributed by atoms with Crippen molar-refractivity contribution in [1.29, 1.82) is 0 Å². The van der Waals surface area contributed by atoms with E-state index in [1.807, 2.05) is 30.3 Å². The molecule has 0 bridgehead atoms. The predicted octanol–water partition coefficient (Wildman–Crippen LogP) is 2.30. The second-order valence-electron chi connectivity index (χ2n) is 3.19. The molecule has 0 saturated carbocycles. The van der Waals surface area contributed by atoms with E-state index in [4.69, 9.17) is 5.11 Å². The maximum Gasteiger partial charge on any atom is 0.240 e. The van der Waals surface area contributed by atoms with Crippen molar-refractivity contribution in [2.24, 2.45) is 4.99 Å². The van der Waals surface area contributed by atoms with Gasteiger partial charge in [-0.3, -0.25) is 0 Å². The van der Waals surface area contributed by atoms with Crippen LogP contribution in [0.1, 0.15) is 5.56 Å². The highest BCUT2D eigenvalue weighted by Gasteiger charge is 2.02. The highest BCUT2D eigenvalue weighted by molar-refractivity contribution is 5.87. The molecule has 74 valence electrons. The molecule has 1 N–H and O–H groups in total. The molecule has 0 aliphatic heterocycles. The first-order chi connectivity index (χ1) is 7.35. The van der Waals surface area contributed by atoms with E-state index in [9.17, 15) is 4.79 Å². The third-order valence-electron chi connectivity index (χ3n) is 2.28. The number of benzene rings is 2. The fourth-order valence-corrected chi connectivity index (χ4v) is 1.56. The molecular weight excluding hydrogens is 190 g/mol. The normalized spacial score (nSPS) is 9.93. The summed E-state index contributed by atoms with van der Waals surface area (Å²) in [6, 6.07) is 11.3. The molecule has 2 aromatic rings. The topological polar surface area (TPSA) is 49.7 Å². The van der Waals surface area contributed by atoms with Crippen LogP contribution >= 0.6 is 0 Å². The van der Waals surface area contributed by atoms with E-state index in [1.54, 1.807) is 6.07 Å². The lowest BCUT2D eigenvalue weighted by molar-refractivity contribution is 0.282. The first-order valence-electron chi connectivity index (χ1n) is 4.55. The maximum atomic E-state index is 10.2. The third kappa shape index (κ3) is 1.79. The summed E-state index contributed by atoms with van der Waals surface area (Å²) in [5.74, 6) is 0. The standard InChI is InChI=1S/C12H9NO2/c14-7-11-5-9-3-1-2-4-10(9)6-12(11)13-8-15/h1-6,14H,7H2.